The molecule has 0 bridgehead atoms. The summed E-state index contributed by atoms with van der Waals surface area (Å²) in [6, 6.07) is 0. The molecule has 1 unspecified atom stereocenters. The molecule has 25 heavy (non-hydrogen) atoms. The molecule has 2 fully saturated rings. The zero-order chi connectivity index (χ0) is 18.7. The molecule has 2 rings (SSSR count). The standard InChI is InChI=1S/C19H32N2O3S/c1-6-17(14-20-9-8-19(5,15-20)16(3)4)18(7-2)25(22,23)21-10-12-24-13-11-21/h6-7,16H,1-2,8-15H2,3-5H3/b18-17-. The van der Waals surface area contributed by atoms with Crippen molar-refractivity contribution in [1.29, 1.82) is 0 Å². The minimum Gasteiger partial charge on any atom is -0.379 e. The van der Waals surface area contributed by atoms with Gasteiger partial charge in [0.15, 0.2) is 0 Å². The number of likely N-dealkylation sites (tertiary alicyclic amines) is 1. The second-order valence-corrected chi connectivity index (χ2v) is 9.49. The topological polar surface area (TPSA) is 49.9 Å². The van der Waals surface area contributed by atoms with Crippen LogP contribution in [0.1, 0.15) is 27.2 Å². The molecule has 0 radical (unpaired) electrons. The lowest BCUT2D eigenvalue weighted by Gasteiger charge is -2.30. The van der Waals surface area contributed by atoms with Crippen LogP contribution in [0.15, 0.2) is 35.8 Å². The highest BCUT2D eigenvalue weighted by atomic mass is 32.2. The van der Waals surface area contributed by atoms with Crippen molar-refractivity contribution in [2.75, 3.05) is 45.9 Å². The van der Waals surface area contributed by atoms with Crippen molar-refractivity contribution in [3.63, 3.8) is 0 Å². The lowest BCUT2D eigenvalue weighted by molar-refractivity contribution is 0.0734. The molecule has 2 aliphatic rings. The summed E-state index contributed by atoms with van der Waals surface area (Å²) in [5.41, 5.74) is 1.01. The SMILES string of the molecule is C=C/C(CN1CCC(C)(C(C)C)C1)=C(\C=C)S(=O)(=O)N1CCOCC1. The first-order valence-electron chi connectivity index (χ1n) is 9.03. The third kappa shape index (κ3) is 4.42. The number of sulfonamides is 1. The molecular weight excluding hydrogens is 336 g/mol. The predicted octanol–water partition coefficient (Wildman–Crippen LogP) is 2.64. The fraction of sp³-hybridized carbons (Fsp3) is 0.684. The van der Waals surface area contributed by atoms with Gasteiger partial charge in [-0.2, -0.15) is 4.31 Å². The highest BCUT2D eigenvalue weighted by molar-refractivity contribution is 7.93. The Labute approximate surface area is 153 Å². The van der Waals surface area contributed by atoms with Crippen molar-refractivity contribution < 1.29 is 13.2 Å². The Morgan fingerprint density at radius 3 is 2.32 bits per heavy atom. The summed E-state index contributed by atoms with van der Waals surface area (Å²) in [7, 11) is -3.56. The largest absolute Gasteiger partial charge is 0.379 e. The normalized spacial score (nSPS) is 27.4. The number of allylic oxidation sites excluding steroid dienone is 1. The average molecular weight is 369 g/mol. The molecule has 0 spiro atoms. The molecule has 2 saturated heterocycles. The first kappa shape index (κ1) is 20.4. The van der Waals surface area contributed by atoms with Crippen molar-refractivity contribution in [2.24, 2.45) is 11.3 Å². The van der Waals surface area contributed by atoms with Crippen LogP contribution in [0.2, 0.25) is 0 Å². The monoisotopic (exact) mass is 368 g/mol. The van der Waals surface area contributed by atoms with Crippen LogP contribution < -0.4 is 0 Å². The third-order valence-corrected chi connectivity index (χ3v) is 7.74. The highest BCUT2D eigenvalue weighted by Crippen LogP contribution is 2.37. The van der Waals surface area contributed by atoms with Crippen molar-refractivity contribution in [3.05, 3.63) is 35.8 Å². The molecule has 142 valence electrons. The molecule has 0 aromatic rings. The van der Waals surface area contributed by atoms with E-state index >= 15 is 0 Å². The van der Waals surface area contributed by atoms with E-state index in [0.717, 1.165) is 25.1 Å². The van der Waals surface area contributed by atoms with E-state index in [-0.39, 0.29) is 10.3 Å². The van der Waals surface area contributed by atoms with Crippen molar-refractivity contribution in [1.82, 2.24) is 9.21 Å². The number of hydrogen-bond acceptors (Lipinski definition) is 4. The van der Waals surface area contributed by atoms with E-state index in [1.54, 1.807) is 6.08 Å². The molecule has 2 heterocycles. The molecule has 0 saturated carbocycles. The van der Waals surface area contributed by atoms with E-state index in [4.69, 9.17) is 4.74 Å². The van der Waals surface area contributed by atoms with Crippen molar-refractivity contribution >= 4 is 10.0 Å². The maximum Gasteiger partial charge on any atom is 0.243 e. The smallest absolute Gasteiger partial charge is 0.243 e. The fourth-order valence-electron chi connectivity index (χ4n) is 3.50. The summed E-state index contributed by atoms with van der Waals surface area (Å²) in [5.74, 6) is 0.601. The Balaban J connectivity index is 2.23. The Morgan fingerprint density at radius 1 is 1.20 bits per heavy atom. The Bertz CT molecular complexity index is 633. The number of hydrogen-bond donors (Lipinski definition) is 0. The molecule has 0 amide bonds. The van der Waals surface area contributed by atoms with Gasteiger partial charge in [-0.3, -0.25) is 4.90 Å². The zero-order valence-corrected chi connectivity index (χ0v) is 16.6. The molecule has 1 atom stereocenters. The van der Waals surface area contributed by atoms with Crippen LogP contribution in [-0.2, 0) is 14.8 Å². The molecular formula is C19H32N2O3S. The second-order valence-electron chi connectivity index (χ2n) is 7.58. The summed E-state index contributed by atoms with van der Waals surface area (Å²) in [5, 5.41) is 0. The number of nitrogens with zero attached hydrogens (tertiary/aromatic N) is 2. The highest BCUT2D eigenvalue weighted by Gasteiger charge is 2.37. The first-order chi connectivity index (χ1) is 11.7. The maximum absolute atomic E-state index is 13.0. The van der Waals surface area contributed by atoms with Crippen LogP contribution in [-0.4, -0.2) is 63.6 Å². The van der Waals surface area contributed by atoms with Gasteiger partial charge in [0.2, 0.25) is 10.0 Å². The lowest BCUT2D eigenvalue weighted by Crippen LogP contribution is -2.41. The fourth-order valence-corrected chi connectivity index (χ4v) is 5.10. The molecule has 2 aliphatic heterocycles. The molecule has 0 aliphatic carbocycles. The van der Waals surface area contributed by atoms with Crippen LogP contribution in [0.5, 0.6) is 0 Å². The quantitative estimate of drug-likeness (QED) is 0.648. The Morgan fingerprint density at radius 2 is 1.84 bits per heavy atom. The molecule has 5 nitrogen and oxygen atoms in total. The average Bonchev–Trinajstić information content (AvgIpc) is 2.97. The van der Waals surface area contributed by atoms with E-state index < -0.39 is 10.0 Å². The van der Waals surface area contributed by atoms with Gasteiger partial charge in [-0.25, -0.2) is 8.42 Å². The Kier molecular flexibility index (Phi) is 6.65. The summed E-state index contributed by atoms with van der Waals surface area (Å²) >= 11 is 0. The molecule has 0 aromatic carbocycles. The molecule has 0 N–H and O–H groups in total. The number of rotatable bonds is 7. The summed E-state index contributed by atoms with van der Waals surface area (Å²) < 4.78 is 32.8. The van der Waals surface area contributed by atoms with Gasteiger partial charge in [0.1, 0.15) is 0 Å². The van der Waals surface area contributed by atoms with Gasteiger partial charge in [-0.15, -0.1) is 0 Å². The van der Waals surface area contributed by atoms with Crippen LogP contribution in [0.4, 0.5) is 0 Å². The van der Waals surface area contributed by atoms with E-state index in [9.17, 15) is 8.42 Å². The van der Waals surface area contributed by atoms with E-state index in [1.165, 1.54) is 10.4 Å². The predicted molar refractivity (Wildman–Crippen MR) is 103 cm³/mol. The van der Waals surface area contributed by atoms with Crippen LogP contribution >= 0.6 is 0 Å². The van der Waals surface area contributed by atoms with Gasteiger partial charge in [0.05, 0.1) is 18.1 Å². The van der Waals surface area contributed by atoms with Crippen molar-refractivity contribution in [3.8, 4) is 0 Å². The van der Waals surface area contributed by atoms with Crippen LogP contribution in [0, 0.1) is 11.3 Å². The van der Waals surface area contributed by atoms with Crippen molar-refractivity contribution in [2.45, 2.75) is 27.2 Å². The summed E-state index contributed by atoms with van der Waals surface area (Å²) in [6.45, 7) is 18.6. The molecule has 6 heteroatoms. The first-order valence-corrected chi connectivity index (χ1v) is 10.5. The zero-order valence-electron chi connectivity index (χ0n) is 15.8. The van der Waals surface area contributed by atoms with Gasteiger partial charge in [-0.1, -0.05) is 40.0 Å². The Hall–Kier alpha value is -0.950. The minimum atomic E-state index is -3.56. The minimum absolute atomic E-state index is 0.280. The van der Waals surface area contributed by atoms with E-state index in [1.807, 2.05) is 0 Å². The van der Waals surface area contributed by atoms with Crippen LogP contribution in [0.3, 0.4) is 0 Å². The number of morpholine rings is 1. The summed E-state index contributed by atoms with van der Waals surface area (Å²) in [4.78, 5) is 2.61. The van der Waals surface area contributed by atoms with E-state index in [0.29, 0.717) is 38.8 Å². The van der Waals surface area contributed by atoms with Gasteiger partial charge >= 0.3 is 0 Å². The van der Waals surface area contributed by atoms with Gasteiger partial charge in [0, 0.05) is 26.2 Å². The lowest BCUT2D eigenvalue weighted by atomic mass is 9.78. The summed E-state index contributed by atoms with van der Waals surface area (Å²) in [6.07, 6.45) is 4.26. The molecule has 0 aromatic heterocycles. The second kappa shape index (κ2) is 8.16. The number of ether oxygens (including phenoxy) is 1. The third-order valence-electron chi connectivity index (χ3n) is 5.71. The maximum atomic E-state index is 13.0. The van der Waals surface area contributed by atoms with Gasteiger partial charge in [0.25, 0.3) is 0 Å². The van der Waals surface area contributed by atoms with Crippen LogP contribution in [0.25, 0.3) is 0 Å². The van der Waals surface area contributed by atoms with E-state index in [2.05, 4.69) is 38.8 Å². The van der Waals surface area contributed by atoms with Gasteiger partial charge in [-0.05, 0) is 35.9 Å². The van der Waals surface area contributed by atoms with Gasteiger partial charge < -0.3 is 4.74 Å².